The normalized spacial score (nSPS) is 12.5. The first-order valence-corrected chi connectivity index (χ1v) is 8.53. The van der Waals surface area contributed by atoms with E-state index in [0.717, 1.165) is 11.6 Å². The first-order valence-electron chi connectivity index (χ1n) is 8.53. The molecule has 1 atom stereocenters. The molecule has 2 aromatic heterocycles. The van der Waals surface area contributed by atoms with E-state index in [0.29, 0.717) is 11.3 Å². The Kier molecular flexibility index (Phi) is 5.48. The van der Waals surface area contributed by atoms with Crippen LogP contribution < -0.4 is 9.64 Å². The van der Waals surface area contributed by atoms with E-state index in [4.69, 9.17) is 4.74 Å². The molecule has 0 amide bonds. The summed E-state index contributed by atoms with van der Waals surface area (Å²) < 4.78 is 45.3. The van der Waals surface area contributed by atoms with Crippen LogP contribution in [-0.2, 0) is 6.18 Å². The zero-order valence-electron chi connectivity index (χ0n) is 15.6. The van der Waals surface area contributed by atoms with Crippen molar-refractivity contribution in [3.05, 3.63) is 66.1 Å². The maximum absolute atomic E-state index is 13.4. The number of hydrogen-bond donors (Lipinski definition) is 0. The summed E-state index contributed by atoms with van der Waals surface area (Å²) in [6, 6.07) is 11.3. The lowest BCUT2D eigenvalue weighted by Crippen LogP contribution is -2.24. The highest BCUT2D eigenvalue weighted by molar-refractivity contribution is 5.58. The average molecular weight is 388 g/mol. The minimum absolute atomic E-state index is 0.000931. The fraction of sp³-hybridized carbons (Fsp3) is 0.250. The third-order valence-electron chi connectivity index (χ3n) is 4.48. The lowest BCUT2D eigenvalue weighted by atomic mass is 10.1. The smallest absolute Gasteiger partial charge is 0.433 e. The molecule has 5 nitrogen and oxygen atoms in total. The Hall–Kier alpha value is -3.16. The molecule has 0 aliphatic heterocycles. The van der Waals surface area contributed by atoms with Gasteiger partial charge in [-0.15, -0.1) is 0 Å². The van der Waals surface area contributed by atoms with E-state index in [1.54, 1.807) is 31.2 Å². The van der Waals surface area contributed by atoms with Crippen LogP contribution >= 0.6 is 0 Å². The van der Waals surface area contributed by atoms with E-state index in [9.17, 15) is 13.2 Å². The topological polar surface area (TPSA) is 51.1 Å². The summed E-state index contributed by atoms with van der Waals surface area (Å²) in [5, 5.41) is 0. The average Bonchev–Trinajstić information content (AvgIpc) is 2.72. The zero-order valence-corrected chi connectivity index (χ0v) is 15.6. The van der Waals surface area contributed by atoms with Gasteiger partial charge in [-0.2, -0.15) is 13.2 Å². The van der Waals surface area contributed by atoms with Gasteiger partial charge in [-0.25, -0.2) is 9.97 Å². The van der Waals surface area contributed by atoms with E-state index in [-0.39, 0.29) is 17.7 Å². The van der Waals surface area contributed by atoms with Crippen LogP contribution in [0.3, 0.4) is 0 Å². The molecule has 3 aromatic rings. The minimum Gasteiger partial charge on any atom is -0.497 e. The Bertz CT molecular complexity index is 930. The van der Waals surface area contributed by atoms with Gasteiger partial charge in [-0.1, -0.05) is 12.1 Å². The molecular weight excluding hydrogens is 369 g/mol. The van der Waals surface area contributed by atoms with Gasteiger partial charge in [0, 0.05) is 31.1 Å². The molecule has 1 unspecified atom stereocenters. The zero-order chi connectivity index (χ0) is 20.3. The number of benzene rings is 1. The second kappa shape index (κ2) is 7.84. The van der Waals surface area contributed by atoms with Crippen molar-refractivity contribution < 1.29 is 17.9 Å². The lowest BCUT2D eigenvalue weighted by Gasteiger charge is -2.27. The summed E-state index contributed by atoms with van der Waals surface area (Å²) in [5.74, 6) is 0.887. The fourth-order valence-corrected chi connectivity index (χ4v) is 2.69. The predicted molar refractivity (Wildman–Crippen MR) is 100 cm³/mol. The van der Waals surface area contributed by atoms with Crippen LogP contribution in [0.25, 0.3) is 11.4 Å². The highest BCUT2D eigenvalue weighted by Gasteiger charge is 2.34. The number of anilines is 1. The van der Waals surface area contributed by atoms with E-state index in [2.05, 4.69) is 15.0 Å². The Balaban J connectivity index is 2.01. The van der Waals surface area contributed by atoms with Crippen LogP contribution in [0.2, 0.25) is 0 Å². The van der Waals surface area contributed by atoms with Gasteiger partial charge < -0.3 is 9.64 Å². The Morgan fingerprint density at radius 2 is 1.64 bits per heavy atom. The van der Waals surface area contributed by atoms with Crippen LogP contribution in [0, 0.1) is 0 Å². The van der Waals surface area contributed by atoms with Crippen molar-refractivity contribution in [1.82, 2.24) is 15.0 Å². The van der Waals surface area contributed by atoms with Gasteiger partial charge in [0.2, 0.25) is 0 Å². The first kappa shape index (κ1) is 19.6. The molecule has 0 saturated carbocycles. The Morgan fingerprint density at radius 1 is 1.00 bits per heavy atom. The fourth-order valence-electron chi connectivity index (χ4n) is 2.69. The molecule has 0 spiro atoms. The number of ether oxygens (including phenoxy) is 1. The van der Waals surface area contributed by atoms with Crippen LogP contribution in [0.5, 0.6) is 5.75 Å². The van der Waals surface area contributed by atoms with Gasteiger partial charge in [-0.3, -0.25) is 4.98 Å². The Labute approximate surface area is 160 Å². The summed E-state index contributed by atoms with van der Waals surface area (Å²) in [6.07, 6.45) is -1.60. The second-order valence-corrected chi connectivity index (χ2v) is 6.23. The SMILES string of the molecule is COc1ccc(C(C)N(C)c2cc(C(F)(F)F)nc(-c3ccncc3)n2)cc1. The number of halogens is 3. The molecular formula is C20H19F3N4O. The third kappa shape index (κ3) is 4.21. The number of nitrogens with zero attached hydrogens (tertiary/aromatic N) is 4. The molecule has 8 heteroatoms. The number of pyridine rings is 1. The van der Waals surface area contributed by atoms with Gasteiger partial charge in [0.1, 0.15) is 11.6 Å². The van der Waals surface area contributed by atoms with Crippen molar-refractivity contribution >= 4 is 5.82 Å². The molecule has 28 heavy (non-hydrogen) atoms. The predicted octanol–water partition coefficient (Wildman–Crippen LogP) is 4.76. The number of hydrogen-bond acceptors (Lipinski definition) is 5. The number of aromatic nitrogens is 3. The minimum atomic E-state index is -4.58. The molecule has 1 aromatic carbocycles. The summed E-state index contributed by atoms with van der Waals surface area (Å²) in [7, 11) is 3.28. The van der Waals surface area contributed by atoms with Crippen molar-refractivity contribution in [3.8, 4) is 17.1 Å². The molecule has 0 saturated heterocycles. The summed E-state index contributed by atoms with van der Waals surface area (Å²) in [4.78, 5) is 13.6. The summed E-state index contributed by atoms with van der Waals surface area (Å²) in [6.45, 7) is 1.89. The second-order valence-electron chi connectivity index (χ2n) is 6.23. The summed E-state index contributed by atoms with van der Waals surface area (Å²) in [5.41, 5.74) is 0.395. The summed E-state index contributed by atoms with van der Waals surface area (Å²) >= 11 is 0. The van der Waals surface area contributed by atoms with Crippen LogP contribution in [0.4, 0.5) is 19.0 Å². The van der Waals surface area contributed by atoms with Crippen molar-refractivity contribution in [2.45, 2.75) is 19.1 Å². The van der Waals surface area contributed by atoms with Gasteiger partial charge in [0.25, 0.3) is 0 Å². The van der Waals surface area contributed by atoms with Crippen molar-refractivity contribution in [2.75, 3.05) is 19.1 Å². The molecule has 0 bridgehead atoms. The van der Waals surface area contributed by atoms with Crippen LogP contribution in [0.15, 0.2) is 54.9 Å². The van der Waals surface area contributed by atoms with E-state index >= 15 is 0 Å². The van der Waals surface area contributed by atoms with Gasteiger partial charge in [0.15, 0.2) is 11.5 Å². The molecule has 0 radical (unpaired) electrons. The number of methoxy groups -OCH3 is 1. The van der Waals surface area contributed by atoms with E-state index < -0.39 is 11.9 Å². The van der Waals surface area contributed by atoms with E-state index in [1.165, 1.54) is 12.4 Å². The molecule has 0 N–H and O–H groups in total. The molecule has 0 aliphatic rings. The first-order chi connectivity index (χ1) is 13.3. The molecule has 2 heterocycles. The highest BCUT2D eigenvalue weighted by Crippen LogP contribution is 2.33. The number of rotatable bonds is 5. The Morgan fingerprint density at radius 3 is 2.21 bits per heavy atom. The quantitative estimate of drug-likeness (QED) is 0.631. The van der Waals surface area contributed by atoms with Crippen LogP contribution in [0.1, 0.15) is 24.2 Å². The van der Waals surface area contributed by atoms with Gasteiger partial charge in [0.05, 0.1) is 13.2 Å². The maximum atomic E-state index is 13.4. The van der Waals surface area contributed by atoms with Crippen LogP contribution in [-0.4, -0.2) is 29.1 Å². The maximum Gasteiger partial charge on any atom is 0.433 e. The highest BCUT2D eigenvalue weighted by atomic mass is 19.4. The third-order valence-corrected chi connectivity index (χ3v) is 4.48. The van der Waals surface area contributed by atoms with Crippen molar-refractivity contribution in [2.24, 2.45) is 0 Å². The van der Waals surface area contributed by atoms with Gasteiger partial charge in [-0.05, 0) is 36.8 Å². The van der Waals surface area contributed by atoms with Gasteiger partial charge >= 0.3 is 6.18 Å². The largest absolute Gasteiger partial charge is 0.497 e. The molecule has 0 fully saturated rings. The van der Waals surface area contributed by atoms with Crippen molar-refractivity contribution in [3.63, 3.8) is 0 Å². The standard InChI is InChI=1S/C20H19F3N4O/c1-13(14-4-6-16(28-3)7-5-14)27(2)18-12-17(20(21,22)23)25-19(26-18)15-8-10-24-11-9-15/h4-13H,1-3H3. The molecule has 0 aliphatic carbocycles. The lowest BCUT2D eigenvalue weighted by molar-refractivity contribution is -0.141. The van der Waals surface area contributed by atoms with Crippen molar-refractivity contribution in [1.29, 1.82) is 0 Å². The molecule has 146 valence electrons. The molecule has 3 rings (SSSR count). The van der Waals surface area contributed by atoms with E-state index in [1.807, 2.05) is 31.2 Å². The monoisotopic (exact) mass is 388 g/mol. The number of alkyl halides is 3.